The SMILES string of the molecule is Fc1cccc(N(Cc2ccsc2)C2CC2)c1CCl. The van der Waals surface area contributed by atoms with Crippen LogP contribution in [0.3, 0.4) is 0 Å². The summed E-state index contributed by atoms with van der Waals surface area (Å²) in [5, 5.41) is 4.23. The molecule has 0 bridgehead atoms. The highest BCUT2D eigenvalue weighted by molar-refractivity contribution is 7.07. The van der Waals surface area contributed by atoms with Crippen molar-refractivity contribution >= 4 is 28.6 Å². The third-order valence-corrected chi connectivity index (χ3v) is 4.46. The molecule has 100 valence electrons. The Morgan fingerprint density at radius 3 is 2.79 bits per heavy atom. The highest BCUT2D eigenvalue weighted by atomic mass is 35.5. The van der Waals surface area contributed by atoms with Crippen molar-refractivity contribution in [2.75, 3.05) is 4.90 Å². The van der Waals surface area contributed by atoms with Gasteiger partial charge in [0, 0.05) is 23.8 Å². The quantitative estimate of drug-likeness (QED) is 0.717. The fourth-order valence-electron chi connectivity index (χ4n) is 2.33. The lowest BCUT2D eigenvalue weighted by molar-refractivity contribution is 0.614. The molecule has 0 unspecified atom stereocenters. The predicted molar refractivity (Wildman–Crippen MR) is 79.5 cm³/mol. The van der Waals surface area contributed by atoms with Crippen LogP contribution in [0.15, 0.2) is 35.0 Å². The molecule has 0 spiro atoms. The minimum Gasteiger partial charge on any atom is -0.364 e. The van der Waals surface area contributed by atoms with E-state index in [0.717, 1.165) is 12.2 Å². The van der Waals surface area contributed by atoms with Crippen LogP contribution < -0.4 is 4.90 Å². The van der Waals surface area contributed by atoms with Gasteiger partial charge in [-0.15, -0.1) is 11.6 Å². The van der Waals surface area contributed by atoms with Crippen LogP contribution in [0, 0.1) is 5.82 Å². The molecule has 1 saturated carbocycles. The number of halogens is 2. The van der Waals surface area contributed by atoms with E-state index in [1.165, 1.54) is 24.5 Å². The number of anilines is 1. The first kappa shape index (κ1) is 12.9. The molecule has 3 rings (SSSR count). The van der Waals surface area contributed by atoms with Crippen LogP contribution in [0.2, 0.25) is 0 Å². The van der Waals surface area contributed by atoms with Crippen LogP contribution in [0.1, 0.15) is 24.0 Å². The standard InChI is InChI=1S/C15H15ClFNS/c16-8-13-14(17)2-1-3-15(13)18(12-4-5-12)9-11-6-7-19-10-11/h1-3,6-7,10,12H,4-5,8-9H2. The van der Waals surface area contributed by atoms with Crippen molar-refractivity contribution in [2.45, 2.75) is 31.3 Å². The van der Waals surface area contributed by atoms with Crippen molar-refractivity contribution in [2.24, 2.45) is 0 Å². The number of hydrogen-bond acceptors (Lipinski definition) is 2. The van der Waals surface area contributed by atoms with Gasteiger partial charge in [0.05, 0.1) is 5.88 Å². The molecular weight excluding hydrogens is 281 g/mol. The molecule has 0 atom stereocenters. The Morgan fingerprint density at radius 1 is 1.32 bits per heavy atom. The number of alkyl halides is 1. The maximum atomic E-state index is 13.9. The summed E-state index contributed by atoms with van der Waals surface area (Å²) in [6.45, 7) is 0.835. The smallest absolute Gasteiger partial charge is 0.129 e. The summed E-state index contributed by atoms with van der Waals surface area (Å²) in [5.41, 5.74) is 2.84. The van der Waals surface area contributed by atoms with E-state index in [1.807, 2.05) is 6.07 Å². The molecule has 0 N–H and O–H groups in total. The summed E-state index contributed by atoms with van der Waals surface area (Å²) in [6.07, 6.45) is 2.37. The van der Waals surface area contributed by atoms with Crippen molar-refractivity contribution in [3.05, 3.63) is 52.0 Å². The Bertz CT molecular complexity index is 551. The van der Waals surface area contributed by atoms with Gasteiger partial charge in [-0.3, -0.25) is 0 Å². The second-order valence-corrected chi connectivity index (χ2v) is 5.91. The molecule has 1 nitrogen and oxygen atoms in total. The second kappa shape index (κ2) is 5.51. The lowest BCUT2D eigenvalue weighted by Gasteiger charge is -2.26. The summed E-state index contributed by atoms with van der Waals surface area (Å²) in [7, 11) is 0. The first-order valence-corrected chi connectivity index (χ1v) is 7.88. The van der Waals surface area contributed by atoms with E-state index in [9.17, 15) is 4.39 Å². The van der Waals surface area contributed by atoms with Gasteiger partial charge in [0.25, 0.3) is 0 Å². The minimum atomic E-state index is -0.205. The predicted octanol–water partition coefficient (Wildman–Crippen LogP) is 4.80. The van der Waals surface area contributed by atoms with Crippen molar-refractivity contribution in [1.29, 1.82) is 0 Å². The van der Waals surface area contributed by atoms with Crippen molar-refractivity contribution in [3.8, 4) is 0 Å². The number of nitrogens with zero attached hydrogens (tertiary/aromatic N) is 1. The molecule has 1 heterocycles. The first-order chi connectivity index (χ1) is 9.29. The van der Waals surface area contributed by atoms with Crippen LogP contribution in [0.4, 0.5) is 10.1 Å². The fraction of sp³-hybridized carbons (Fsp3) is 0.333. The van der Waals surface area contributed by atoms with E-state index in [0.29, 0.717) is 11.6 Å². The van der Waals surface area contributed by atoms with E-state index in [2.05, 4.69) is 21.7 Å². The highest BCUT2D eigenvalue weighted by Crippen LogP contribution is 2.36. The van der Waals surface area contributed by atoms with E-state index >= 15 is 0 Å². The van der Waals surface area contributed by atoms with Gasteiger partial charge in [-0.05, 0) is 47.4 Å². The normalized spacial score (nSPS) is 14.6. The van der Waals surface area contributed by atoms with Gasteiger partial charge in [-0.1, -0.05) is 6.07 Å². The van der Waals surface area contributed by atoms with Gasteiger partial charge < -0.3 is 4.90 Å². The monoisotopic (exact) mass is 295 g/mol. The zero-order valence-electron chi connectivity index (χ0n) is 10.5. The maximum Gasteiger partial charge on any atom is 0.129 e. The molecule has 1 aliphatic carbocycles. The Balaban J connectivity index is 1.94. The van der Waals surface area contributed by atoms with Crippen molar-refractivity contribution in [3.63, 3.8) is 0 Å². The zero-order valence-corrected chi connectivity index (χ0v) is 12.1. The van der Waals surface area contributed by atoms with Crippen molar-refractivity contribution in [1.82, 2.24) is 0 Å². The zero-order chi connectivity index (χ0) is 13.2. The van der Waals surface area contributed by atoms with Gasteiger partial charge in [-0.2, -0.15) is 11.3 Å². The van der Waals surface area contributed by atoms with E-state index < -0.39 is 0 Å². The van der Waals surface area contributed by atoms with Gasteiger partial charge in [0.2, 0.25) is 0 Å². The van der Waals surface area contributed by atoms with Gasteiger partial charge >= 0.3 is 0 Å². The molecular formula is C15H15ClFNS. The van der Waals surface area contributed by atoms with Gasteiger partial charge in [0.15, 0.2) is 0 Å². The maximum absolute atomic E-state index is 13.9. The van der Waals surface area contributed by atoms with Crippen LogP contribution in [-0.4, -0.2) is 6.04 Å². The average molecular weight is 296 g/mol. The Hall–Kier alpha value is -1.06. The van der Waals surface area contributed by atoms with Crippen LogP contribution in [-0.2, 0) is 12.4 Å². The Morgan fingerprint density at radius 2 is 2.16 bits per heavy atom. The van der Waals surface area contributed by atoms with Crippen LogP contribution in [0.25, 0.3) is 0 Å². The van der Waals surface area contributed by atoms with Gasteiger partial charge in [0.1, 0.15) is 5.82 Å². The molecule has 19 heavy (non-hydrogen) atoms. The molecule has 0 saturated heterocycles. The number of hydrogen-bond donors (Lipinski definition) is 0. The number of thiophene rings is 1. The number of rotatable bonds is 5. The average Bonchev–Trinajstić information content (AvgIpc) is 3.13. The molecule has 2 aromatic rings. The van der Waals surface area contributed by atoms with E-state index in [1.54, 1.807) is 17.4 Å². The number of benzene rings is 1. The molecule has 0 amide bonds. The first-order valence-electron chi connectivity index (χ1n) is 6.40. The van der Waals surface area contributed by atoms with Gasteiger partial charge in [-0.25, -0.2) is 4.39 Å². The highest BCUT2D eigenvalue weighted by Gasteiger charge is 2.31. The third-order valence-electron chi connectivity index (χ3n) is 3.46. The summed E-state index contributed by atoms with van der Waals surface area (Å²) < 4.78 is 13.9. The largest absolute Gasteiger partial charge is 0.364 e. The second-order valence-electron chi connectivity index (χ2n) is 4.86. The van der Waals surface area contributed by atoms with Crippen molar-refractivity contribution < 1.29 is 4.39 Å². The lowest BCUT2D eigenvalue weighted by atomic mass is 10.1. The van der Waals surface area contributed by atoms with E-state index in [-0.39, 0.29) is 11.7 Å². The van der Waals surface area contributed by atoms with E-state index in [4.69, 9.17) is 11.6 Å². The Kier molecular flexibility index (Phi) is 3.76. The summed E-state index contributed by atoms with van der Waals surface area (Å²) >= 11 is 7.62. The molecule has 1 aliphatic rings. The Labute approximate surface area is 121 Å². The molecule has 1 aromatic carbocycles. The summed E-state index contributed by atoms with van der Waals surface area (Å²) in [6, 6.07) is 7.88. The molecule has 1 fully saturated rings. The molecule has 0 radical (unpaired) electrons. The molecule has 0 aliphatic heterocycles. The minimum absolute atomic E-state index is 0.205. The molecule has 4 heteroatoms. The summed E-state index contributed by atoms with van der Waals surface area (Å²) in [5.74, 6) is 0.0120. The lowest BCUT2D eigenvalue weighted by Crippen LogP contribution is -2.26. The molecule has 1 aromatic heterocycles. The topological polar surface area (TPSA) is 3.24 Å². The summed E-state index contributed by atoms with van der Waals surface area (Å²) in [4.78, 5) is 2.29. The fourth-order valence-corrected chi connectivity index (χ4v) is 3.25. The third kappa shape index (κ3) is 2.77. The van der Waals surface area contributed by atoms with Crippen LogP contribution >= 0.6 is 22.9 Å². The van der Waals surface area contributed by atoms with Crippen LogP contribution in [0.5, 0.6) is 0 Å².